The Morgan fingerprint density at radius 3 is 2.93 bits per heavy atom. The van der Waals surface area contributed by atoms with Crippen LogP contribution in [-0.2, 0) is 19.0 Å². The first-order valence-electron chi connectivity index (χ1n) is 9.49. The van der Waals surface area contributed by atoms with Gasteiger partial charge in [-0.05, 0) is 57.2 Å². The summed E-state index contributed by atoms with van der Waals surface area (Å²) in [5.41, 5.74) is 0.468. The van der Waals surface area contributed by atoms with E-state index in [-0.39, 0.29) is 24.6 Å². The lowest BCUT2D eigenvalue weighted by Crippen LogP contribution is -2.42. The standard InChI is InChI=1S/C21H25BrO5/c1-14-6-3-2-4-9-17-10-11-18(19(26-17)13-20(23)25-14)27-21(24)15-7-5-8-16(22)12-15/h4-5,7-9,12,14,17-19H,2-3,6,10-11,13H2,1H3/b9-4-/t14-,17+,18+,19+/m1/s1. The van der Waals surface area contributed by atoms with E-state index in [2.05, 4.69) is 28.1 Å². The molecule has 0 aromatic heterocycles. The average Bonchev–Trinajstić information content (AvgIpc) is 2.62. The third-order valence-corrected chi connectivity index (χ3v) is 5.34. The predicted octanol–water partition coefficient (Wildman–Crippen LogP) is 4.58. The number of hydrogen-bond acceptors (Lipinski definition) is 5. The number of cyclic esters (lactones) is 1. The molecule has 6 heteroatoms. The van der Waals surface area contributed by atoms with Crippen molar-refractivity contribution in [3.63, 3.8) is 0 Å². The minimum Gasteiger partial charge on any atom is -0.463 e. The fourth-order valence-corrected chi connectivity index (χ4v) is 3.84. The second kappa shape index (κ2) is 9.51. The molecule has 1 aromatic rings. The lowest BCUT2D eigenvalue weighted by molar-refractivity contribution is -0.160. The summed E-state index contributed by atoms with van der Waals surface area (Å²) in [4.78, 5) is 24.8. The van der Waals surface area contributed by atoms with Gasteiger partial charge in [0.2, 0.25) is 0 Å². The molecule has 4 atom stereocenters. The molecule has 2 aliphatic rings. The van der Waals surface area contributed by atoms with Gasteiger partial charge in [-0.1, -0.05) is 34.1 Å². The van der Waals surface area contributed by atoms with Crippen molar-refractivity contribution in [3.8, 4) is 0 Å². The summed E-state index contributed by atoms with van der Waals surface area (Å²) in [5, 5.41) is 0. The minimum absolute atomic E-state index is 0.0551. The third-order valence-electron chi connectivity index (χ3n) is 4.85. The second-order valence-electron chi connectivity index (χ2n) is 7.11. The van der Waals surface area contributed by atoms with Crippen LogP contribution < -0.4 is 0 Å². The number of hydrogen-bond donors (Lipinski definition) is 0. The van der Waals surface area contributed by atoms with E-state index in [0.29, 0.717) is 12.0 Å². The number of rotatable bonds is 2. The van der Waals surface area contributed by atoms with E-state index in [4.69, 9.17) is 14.2 Å². The largest absolute Gasteiger partial charge is 0.463 e. The van der Waals surface area contributed by atoms with Gasteiger partial charge in [-0.15, -0.1) is 0 Å². The van der Waals surface area contributed by atoms with Crippen LogP contribution in [0.25, 0.3) is 0 Å². The van der Waals surface area contributed by atoms with Gasteiger partial charge in [-0.2, -0.15) is 0 Å². The Balaban J connectivity index is 1.71. The molecular weight excluding hydrogens is 412 g/mol. The van der Waals surface area contributed by atoms with Crippen molar-refractivity contribution in [2.75, 3.05) is 0 Å². The zero-order valence-electron chi connectivity index (χ0n) is 15.4. The molecule has 0 saturated carbocycles. The molecule has 146 valence electrons. The molecular formula is C21H25BrO5. The molecule has 0 amide bonds. The lowest BCUT2D eigenvalue weighted by Gasteiger charge is -2.35. The topological polar surface area (TPSA) is 61.8 Å². The highest BCUT2D eigenvalue weighted by atomic mass is 79.9. The van der Waals surface area contributed by atoms with Crippen molar-refractivity contribution < 1.29 is 23.8 Å². The first-order chi connectivity index (χ1) is 13.0. The molecule has 0 unspecified atom stereocenters. The number of halogens is 1. The number of ether oxygens (including phenoxy) is 3. The Morgan fingerprint density at radius 2 is 2.11 bits per heavy atom. The van der Waals surface area contributed by atoms with Crippen LogP contribution >= 0.6 is 15.9 Å². The number of esters is 2. The fraction of sp³-hybridized carbons (Fsp3) is 0.524. The van der Waals surface area contributed by atoms with E-state index >= 15 is 0 Å². The van der Waals surface area contributed by atoms with Crippen LogP contribution in [-0.4, -0.2) is 36.4 Å². The molecule has 0 radical (unpaired) electrons. The van der Waals surface area contributed by atoms with E-state index in [1.54, 1.807) is 18.2 Å². The minimum atomic E-state index is -0.497. The van der Waals surface area contributed by atoms with Crippen molar-refractivity contribution in [2.45, 2.75) is 69.9 Å². The van der Waals surface area contributed by atoms with Crippen molar-refractivity contribution >= 4 is 27.9 Å². The van der Waals surface area contributed by atoms with Gasteiger partial charge in [0, 0.05) is 4.47 Å². The van der Waals surface area contributed by atoms with Crippen LogP contribution in [0.3, 0.4) is 0 Å². The quantitative estimate of drug-likeness (QED) is 0.501. The van der Waals surface area contributed by atoms with Crippen LogP contribution in [0.1, 0.15) is 55.8 Å². The summed E-state index contributed by atoms with van der Waals surface area (Å²) in [6.45, 7) is 1.91. The molecule has 3 rings (SSSR count). The summed E-state index contributed by atoms with van der Waals surface area (Å²) < 4.78 is 18.1. The summed E-state index contributed by atoms with van der Waals surface area (Å²) in [5.74, 6) is -0.715. The van der Waals surface area contributed by atoms with Gasteiger partial charge in [-0.25, -0.2) is 4.79 Å². The molecule has 27 heavy (non-hydrogen) atoms. The maximum atomic E-state index is 12.5. The zero-order chi connectivity index (χ0) is 19.2. The molecule has 0 aliphatic carbocycles. The predicted molar refractivity (Wildman–Crippen MR) is 104 cm³/mol. The first kappa shape index (κ1) is 20.1. The Labute approximate surface area is 168 Å². The fourth-order valence-electron chi connectivity index (χ4n) is 3.44. The summed E-state index contributed by atoms with van der Waals surface area (Å²) >= 11 is 3.36. The Bertz CT molecular complexity index is 702. The maximum Gasteiger partial charge on any atom is 0.338 e. The lowest BCUT2D eigenvalue weighted by atomic mass is 9.97. The van der Waals surface area contributed by atoms with E-state index in [9.17, 15) is 9.59 Å². The molecule has 0 spiro atoms. The number of carbonyl (C=O) groups is 2. The molecule has 2 heterocycles. The van der Waals surface area contributed by atoms with Gasteiger partial charge >= 0.3 is 11.9 Å². The van der Waals surface area contributed by atoms with Crippen LogP contribution in [0.15, 0.2) is 40.9 Å². The summed E-state index contributed by atoms with van der Waals surface area (Å²) in [6, 6.07) is 7.06. The van der Waals surface area contributed by atoms with Crippen molar-refractivity contribution in [1.82, 2.24) is 0 Å². The van der Waals surface area contributed by atoms with Gasteiger partial charge in [-0.3, -0.25) is 4.79 Å². The van der Waals surface area contributed by atoms with Gasteiger partial charge in [0.25, 0.3) is 0 Å². The third kappa shape index (κ3) is 5.91. The van der Waals surface area contributed by atoms with Crippen LogP contribution in [0.5, 0.6) is 0 Å². The zero-order valence-corrected chi connectivity index (χ0v) is 17.0. The summed E-state index contributed by atoms with van der Waals surface area (Å²) in [7, 11) is 0. The SMILES string of the molecule is C[C@@H]1CCC/C=C\[C@H]2CC[C@H](OC(=O)c3cccc(Br)c3)[C@H](CC(=O)O1)O2. The van der Waals surface area contributed by atoms with E-state index in [0.717, 1.165) is 30.2 Å². The number of benzene rings is 1. The van der Waals surface area contributed by atoms with Crippen molar-refractivity contribution in [2.24, 2.45) is 0 Å². The van der Waals surface area contributed by atoms with E-state index < -0.39 is 18.2 Å². The molecule has 0 N–H and O–H groups in total. The highest BCUT2D eigenvalue weighted by Gasteiger charge is 2.35. The number of carbonyl (C=O) groups excluding carboxylic acids is 2. The van der Waals surface area contributed by atoms with Crippen molar-refractivity contribution in [3.05, 3.63) is 46.5 Å². The van der Waals surface area contributed by atoms with Crippen LogP contribution in [0, 0.1) is 0 Å². The molecule has 5 nitrogen and oxygen atoms in total. The average molecular weight is 437 g/mol. The van der Waals surface area contributed by atoms with Gasteiger partial charge in [0.1, 0.15) is 12.2 Å². The highest BCUT2D eigenvalue weighted by Crippen LogP contribution is 2.27. The normalized spacial score (nSPS) is 30.4. The summed E-state index contributed by atoms with van der Waals surface area (Å²) in [6.07, 6.45) is 7.32. The van der Waals surface area contributed by atoms with E-state index in [1.165, 1.54) is 0 Å². The highest BCUT2D eigenvalue weighted by molar-refractivity contribution is 9.10. The van der Waals surface area contributed by atoms with Gasteiger partial charge in [0.05, 0.1) is 24.2 Å². The molecule has 2 bridgehead atoms. The molecule has 1 saturated heterocycles. The monoisotopic (exact) mass is 436 g/mol. The molecule has 1 fully saturated rings. The first-order valence-corrected chi connectivity index (χ1v) is 10.3. The Kier molecular flexibility index (Phi) is 7.07. The van der Waals surface area contributed by atoms with Gasteiger partial charge in [0.15, 0.2) is 0 Å². The van der Waals surface area contributed by atoms with Crippen LogP contribution in [0.2, 0.25) is 0 Å². The number of allylic oxidation sites excluding steroid dienone is 1. The maximum absolute atomic E-state index is 12.5. The van der Waals surface area contributed by atoms with Crippen LogP contribution in [0.4, 0.5) is 0 Å². The smallest absolute Gasteiger partial charge is 0.338 e. The number of fused-ring (bicyclic) bond motifs is 2. The molecule has 2 aliphatic heterocycles. The Hall–Kier alpha value is -1.66. The van der Waals surface area contributed by atoms with Gasteiger partial charge < -0.3 is 14.2 Å². The van der Waals surface area contributed by atoms with E-state index in [1.807, 2.05) is 13.0 Å². The molecule has 1 aromatic carbocycles. The van der Waals surface area contributed by atoms with Crippen molar-refractivity contribution in [1.29, 1.82) is 0 Å². The second-order valence-corrected chi connectivity index (χ2v) is 8.02. The Morgan fingerprint density at radius 1 is 1.26 bits per heavy atom.